The van der Waals surface area contributed by atoms with Crippen molar-refractivity contribution < 1.29 is 20.9 Å². The first-order valence-electron chi connectivity index (χ1n) is 13.2. The van der Waals surface area contributed by atoms with Gasteiger partial charge in [0.1, 0.15) is 5.58 Å². The highest BCUT2D eigenvalue weighted by Crippen LogP contribution is 2.35. The van der Waals surface area contributed by atoms with E-state index in [1.54, 1.807) is 18.2 Å². The van der Waals surface area contributed by atoms with Crippen molar-refractivity contribution in [3.8, 4) is 11.3 Å². The summed E-state index contributed by atoms with van der Waals surface area (Å²) in [5.41, 5.74) is -3.06. The predicted molar refractivity (Wildman–Crippen MR) is 98.2 cm³/mol. The monoisotopic (exact) mass is 328 g/mol. The number of benzene rings is 1. The lowest BCUT2D eigenvalue weighted by Crippen LogP contribution is -2.12. The van der Waals surface area contributed by atoms with Crippen LogP contribution in [0.2, 0.25) is 0 Å². The molecule has 24 heavy (non-hydrogen) atoms. The van der Waals surface area contributed by atoms with E-state index in [1.807, 2.05) is 0 Å². The minimum absolute atomic E-state index is 0.0684. The van der Waals surface area contributed by atoms with Crippen LogP contribution >= 0.6 is 0 Å². The largest absolute Gasteiger partial charge is 0.437 e. The molecule has 0 N–H and O–H groups in total. The van der Waals surface area contributed by atoms with Crippen LogP contribution < -0.4 is 0 Å². The van der Waals surface area contributed by atoms with Crippen molar-refractivity contribution in [3.63, 3.8) is 0 Å². The number of aryl methyl sites for hydroxylation is 1. The number of rotatable bonds is 1. The van der Waals surface area contributed by atoms with E-state index in [1.165, 1.54) is 24.4 Å². The number of hydrogen-bond donors (Lipinski definition) is 0. The summed E-state index contributed by atoms with van der Waals surface area (Å²) in [6.45, 7) is -12.7. The standard InChI is InChI=1S/C21H20N2O/c1-13-10-11-22-17(12-13)16-7-5-6-14-15-8-9-18(21(2,3)4)23-20(15)24-19(14)16/h5-12H,1-4H3/i1D3,2D3,3D3,4D3. The van der Waals surface area contributed by atoms with Crippen LogP contribution in [0.5, 0.6) is 0 Å². The van der Waals surface area contributed by atoms with Crippen molar-refractivity contribution in [2.75, 3.05) is 0 Å². The van der Waals surface area contributed by atoms with Crippen LogP contribution in [0.4, 0.5) is 0 Å². The van der Waals surface area contributed by atoms with Gasteiger partial charge in [0.25, 0.3) is 0 Å². The Bertz CT molecular complexity index is 1410. The Morgan fingerprint density at radius 3 is 2.79 bits per heavy atom. The van der Waals surface area contributed by atoms with Crippen molar-refractivity contribution in [2.45, 2.75) is 32.8 Å². The fourth-order valence-electron chi connectivity index (χ4n) is 2.67. The molecule has 3 aromatic heterocycles. The van der Waals surface area contributed by atoms with Crippen molar-refractivity contribution in [1.29, 1.82) is 0 Å². The number of pyridine rings is 2. The first-order chi connectivity index (χ1) is 16.4. The quantitative estimate of drug-likeness (QED) is 0.453. The van der Waals surface area contributed by atoms with Crippen LogP contribution in [-0.4, -0.2) is 9.97 Å². The van der Waals surface area contributed by atoms with Gasteiger partial charge in [0.15, 0.2) is 0 Å². The van der Waals surface area contributed by atoms with Crippen LogP contribution in [-0.2, 0) is 5.41 Å². The van der Waals surface area contributed by atoms with Gasteiger partial charge < -0.3 is 4.42 Å². The SMILES string of the molecule is [2H]C([2H])([2H])c1ccnc(-c2cccc3c2oc2nc(C(C([2H])([2H])[2H])(C([2H])([2H])[2H])C([2H])([2H])[2H])ccc23)c1. The van der Waals surface area contributed by atoms with E-state index >= 15 is 0 Å². The van der Waals surface area contributed by atoms with Crippen molar-refractivity contribution in [3.05, 3.63) is 59.9 Å². The molecule has 120 valence electrons. The third-order valence-corrected chi connectivity index (χ3v) is 3.78. The van der Waals surface area contributed by atoms with Crippen LogP contribution in [0.15, 0.2) is 53.1 Å². The van der Waals surface area contributed by atoms with E-state index in [4.69, 9.17) is 20.9 Å². The maximum absolute atomic E-state index is 7.91. The predicted octanol–water partition coefficient (Wildman–Crippen LogP) is 5.65. The zero-order chi connectivity index (χ0) is 26.9. The second-order valence-corrected chi connectivity index (χ2v) is 5.51. The van der Waals surface area contributed by atoms with Gasteiger partial charge in [0.05, 0.1) is 5.69 Å². The van der Waals surface area contributed by atoms with Gasteiger partial charge in [-0.05, 0) is 42.7 Å². The fourth-order valence-corrected chi connectivity index (χ4v) is 2.67. The normalized spacial score (nSPS) is 21.7. The summed E-state index contributed by atoms with van der Waals surface area (Å²) in [7, 11) is 0. The summed E-state index contributed by atoms with van der Waals surface area (Å²) in [6, 6.07) is 10.2. The summed E-state index contributed by atoms with van der Waals surface area (Å²) in [5.74, 6) is 0. The van der Waals surface area contributed by atoms with Gasteiger partial charge in [-0.25, -0.2) is 4.98 Å². The summed E-state index contributed by atoms with van der Waals surface area (Å²) in [5, 5.41) is 0.906. The molecule has 0 aliphatic rings. The summed E-state index contributed by atoms with van der Waals surface area (Å²) in [6.07, 6.45) is 1.35. The number of nitrogens with zero attached hydrogens (tertiary/aromatic N) is 2. The number of furan rings is 1. The second kappa shape index (κ2) is 5.17. The first-order valence-corrected chi connectivity index (χ1v) is 7.19. The zero-order valence-electron chi connectivity index (χ0n) is 24.4. The highest BCUT2D eigenvalue weighted by atomic mass is 16.3. The molecule has 0 radical (unpaired) electrons. The minimum Gasteiger partial charge on any atom is -0.437 e. The van der Waals surface area contributed by atoms with E-state index < -0.39 is 38.5 Å². The Hall–Kier alpha value is -2.68. The average molecular weight is 328 g/mol. The van der Waals surface area contributed by atoms with Crippen LogP contribution in [0, 0.1) is 6.85 Å². The third kappa shape index (κ3) is 2.37. The Morgan fingerprint density at radius 2 is 1.96 bits per heavy atom. The molecule has 1 aromatic carbocycles. The fraction of sp³-hybridized carbons (Fsp3) is 0.238. The van der Waals surface area contributed by atoms with Crippen molar-refractivity contribution >= 4 is 22.1 Å². The van der Waals surface area contributed by atoms with Gasteiger partial charge in [-0.1, -0.05) is 32.7 Å². The highest BCUT2D eigenvalue weighted by molar-refractivity contribution is 6.08. The molecule has 4 aromatic rings. The number of para-hydroxylation sites is 1. The Labute approximate surface area is 158 Å². The van der Waals surface area contributed by atoms with Crippen LogP contribution in [0.3, 0.4) is 0 Å². The lowest BCUT2D eigenvalue weighted by molar-refractivity contribution is 0.562. The average Bonchev–Trinajstić information content (AvgIpc) is 3.08. The molecule has 0 atom stereocenters. The molecule has 0 unspecified atom stereocenters. The molecule has 0 aliphatic heterocycles. The third-order valence-electron chi connectivity index (χ3n) is 3.78. The van der Waals surface area contributed by atoms with Gasteiger partial charge in [0.2, 0.25) is 5.71 Å². The molecule has 0 bridgehead atoms. The Balaban J connectivity index is 2.00. The van der Waals surface area contributed by atoms with Crippen molar-refractivity contribution in [2.24, 2.45) is 0 Å². The van der Waals surface area contributed by atoms with Crippen LogP contribution in [0.25, 0.3) is 33.3 Å². The maximum atomic E-state index is 7.91. The summed E-state index contributed by atoms with van der Waals surface area (Å²) >= 11 is 0. The lowest BCUT2D eigenvalue weighted by Gasteiger charge is -2.16. The number of fused-ring (bicyclic) bond motifs is 3. The van der Waals surface area contributed by atoms with Gasteiger partial charge in [-0.15, -0.1) is 0 Å². The molecule has 0 spiro atoms. The lowest BCUT2D eigenvalue weighted by atomic mass is 9.91. The van der Waals surface area contributed by atoms with E-state index in [2.05, 4.69) is 9.97 Å². The van der Waals surface area contributed by atoms with Gasteiger partial charge in [-0.2, -0.15) is 0 Å². The van der Waals surface area contributed by atoms with Crippen molar-refractivity contribution in [1.82, 2.24) is 9.97 Å². The zero-order valence-corrected chi connectivity index (χ0v) is 12.4. The smallest absolute Gasteiger partial charge is 0.227 e. The first kappa shape index (κ1) is 6.67. The molecule has 3 heterocycles. The molecule has 0 saturated heterocycles. The highest BCUT2D eigenvalue weighted by Gasteiger charge is 2.19. The summed E-state index contributed by atoms with van der Waals surface area (Å²) in [4.78, 5) is 8.36. The second-order valence-electron chi connectivity index (χ2n) is 5.51. The maximum Gasteiger partial charge on any atom is 0.227 e. The number of hydrogen-bond acceptors (Lipinski definition) is 3. The molecule has 0 fully saturated rings. The Kier molecular flexibility index (Phi) is 1.44. The topological polar surface area (TPSA) is 38.9 Å². The molecule has 0 amide bonds. The van der Waals surface area contributed by atoms with Gasteiger partial charge >= 0.3 is 0 Å². The van der Waals surface area contributed by atoms with E-state index in [9.17, 15) is 0 Å². The summed E-state index contributed by atoms with van der Waals surface area (Å²) < 4.78 is 100. The van der Waals surface area contributed by atoms with E-state index in [0.717, 1.165) is 6.07 Å². The molecule has 0 aliphatic carbocycles. The molecular weight excluding hydrogens is 296 g/mol. The van der Waals surface area contributed by atoms with Gasteiger partial charge in [0, 0.05) is 50.1 Å². The molecular formula is C21H20N2O. The molecule has 0 saturated carbocycles. The molecule has 3 heteroatoms. The van der Waals surface area contributed by atoms with Gasteiger partial charge in [-0.3, -0.25) is 4.98 Å². The van der Waals surface area contributed by atoms with E-state index in [0.29, 0.717) is 22.0 Å². The molecule has 4 rings (SSSR count). The van der Waals surface area contributed by atoms with Crippen LogP contribution in [0.1, 0.15) is 48.3 Å². The minimum atomic E-state index is -3.46. The molecule has 3 nitrogen and oxygen atoms in total. The Morgan fingerprint density at radius 1 is 1.04 bits per heavy atom. The van der Waals surface area contributed by atoms with E-state index in [-0.39, 0.29) is 16.9 Å². The number of aromatic nitrogens is 2.